The number of carbonyl (C=O) groups excluding carboxylic acids is 2. The van der Waals surface area contributed by atoms with Crippen LogP contribution in [0.15, 0.2) is 48.5 Å². The normalized spacial score (nSPS) is 14.9. The van der Waals surface area contributed by atoms with E-state index >= 15 is 0 Å². The van der Waals surface area contributed by atoms with Gasteiger partial charge in [-0.1, -0.05) is 11.6 Å². The second-order valence-corrected chi connectivity index (χ2v) is 8.16. The molecule has 0 aliphatic carbocycles. The Labute approximate surface area is 205 Å². The van der Waals surface area contributed by atoms with Crippen LogP contribution in [-0.2, 0) is 6.18 Å². The third kappa shape index (κ3) is 5.12. The molecule has 12 heteroatoms. The molecule has 0 saturated heterocycles. The van der Waals surface area contributed by atoms with E-state index in [4.69, 9.17) is 21.4 Å². The van der Waals surface area contributed by atoms with Gasteiger partial charge in [0.05, 0.1) is 29.5 Å². The van der Waals surface area contributed by atoms with Crippen LogP contribution in [0.3, 0.4) is 0 Å². The minimum absolute atomic E-state index is 0.0151. The number of halogens is 6. The van der Waals surface area contributed by atoms with Crippen LogP contribution >= 0.6 is 11.6 Å². The number of rotatable bonds is 6. The number of ether oxygens (including phenoxy) is 1. The van der Waals surface area contributed by atoms with E-state index in [1.807, 2.05) is 0 Å². The van der Waals surface area contributed by atoms with Crippen molar-refractivity contribution >= 4 is 29.1 Å². The third-order valence-electron chi connectivity index (χ3n) is 5.33. The fourth-order valence-corrected chi connectivity index (χ4v) is 4.03. The van der Waals surface area contributed by atoms with Gasteiger partial charge >= 0.3 is 6.18 Å². The van der Waals surface area contributed by atoms with Crippen molar-refractivity contribution in [3.05, 3.63) is 93.0 Å². The van der Waals surface area contributed by atoms with E-state index in [2.05, 4.69) is 10.6 Å². The number of benzene rings is 3. The lowest BCUT2D eigenvalue weighted by atomic mass is 9.95. The third-order valence-corrected chi connectivity index (χ3v) is 5.67. The molecule has 1 heterocycles. The summed E-state index contributed by atoms with van der Waals surface area (Å²) in [5.74, 6) is -3.60. The van der Waals surface area contributed by atoms with Crippen molar-refractivity contribution in [1.82, 2.24) is 5.32 Å². The first-order valence-electron chi connectivity index (χ1n) is 10.3. The number of aliphatic hydroxyl groups excluding tert-OH is 1. The van der Waals surface area contributed by atoms with E-state index in [9.17, 15) is 31.5 Å². The van der Waals surface area contributed by atoms with Gasteiger partial charge in [-0.05, 0) is 42.5 Å². The quantitative estimate of drug-likeness (QED) is 0.390. The SMILES string of the molecule is O=C(Nc1cc(OCCO)cc2c1C(c1cc(F)ccc1Cl)NC2=O)c1cc(F)cc(C(F)(F)F)c1. The molecule has 0 fully saturated rings. The van der Waals surface area contributed by atoms with Gasteiger partial charge < -0.3 is 20.5 Å². The fraction of sp³-hybridized carbons (Fsp3) is 0.167. The van der Waals surface area contributed by atoms with Gasteiger partial charge in [-0.15, -0.1) is 0 Å². The van der Waals surface area contributed by atoms with Crippen molar-refractivity contribution < 1.29 is 41.4 Å². The van der Waals surface area contributed by atoms with E-state index in [0.29, 0.717) is 12.1 Å². The van der Waals surface area contributed by atoms with Gasteiger partial charge in [0.1, 0.15) is 24.0 Å². The lowest BCUT2D eigenvalue weighted by Gasteiger charge is -2.19. The molecule has 36 heavy (non-hydrogen) atoms. The van der Waals surface area contributed by atoms with Crippen molar-refractivity contribution in [2.24, 2.45) is 0 Å². The number of hydrogen-bond acceptors (Lipinski definition) is 4. The van der Waals surface area contributed by atoms with Gasteiger partial charge in [-0.25, -0.2) is 8.78 Å². The maximum Gasteiger partial charge on any atom is 0.416 e. The summed E-state index contributed by atoms with van der Waals surface area (Å²) in [6, 6.07) is 6.41. The number of aliphatic hydroxyl groups is 1. The molecule has 0 saturated carbocycles. The van der Waals surface area contributed by atoms with Crippen LogP contribution in [-0.4, -0.2) is 30.1 Å². The largest absolute Gasteiger partial charge is 0.491 e. The zero-order valence-electron chi connectivity index (χ0n) is 18.1. The Bertz CT molecular complexity index is 1360. The molecule has 1 aliphatic rings. The number of amides is 2. The van der Waals surface area contributed by atoms with Gasteiger partial charge in [0.25, 0.3) is 11.8 Å². The van der Waals surface area contributed by atoms with Crippen LogP contribution in [0.25, 0.3) is 0 Å². The molecule has 2 amide bonds. The summed E-state index contributed by atoms with van der Waals surface area (Å²) in [4.78, 5) is 25.6. The van der Waals surface area contributed by atoms with Gasteiger partial charge in [0.2, 0.25) is 0 Å². The molecule has 0 radical (unpaired) electrons. The van der Waals surface area contributed by atoms with Crippen LogP contribution in [0.4, 0.5) is 27.6 Å². The molecule has 1 unspecified atom stereocenters. The molecular formula is C24H16ClF5N2O4. The molecule has 6 nitrogen and oxygen atoms in total. The molecule has 3 aromatic rings. The zero-order chi connectivity index (χ0) is 26.2. The predicted octanol–water partition coefficient (Wildman–Crippen LogP) is 5.09. The first-order valence-corrected chi connectivity index (χ1v) is 10.7. The maximum absolute atomic E-state index is 14.0. The van der Waals surface area contributed by atoms with Crippen molar-refractivity contribution in [3.63, 3.8) is 0 Å². The van der Waals surface area contributed by atoms with Gasteiger partial charge in [-0.2, -0.15) is 13.2 Å². The molecule has 0 bridgehead atoms. The summed E-state index contributed by atoms with van der Waals surface area (Å²) in [7, 11) is 0. The molecule has 3 aromatic carbocycles. The first-order chi connectivity index (χ1) is 17.0. The van der Waals surface area contributed by atoms with E-state index < -0.39 is 46.8 Å². The van der Waals surface area contributed by atoms with Crippen molar-refractivity contribution in [1.29, 1.82) is 0 Å². The second kappa shape index (κ2) is 9.75. The molecule has 188 valence electrons. The highest BCUT2D eigenvalue weighted by molar-refractivity contribution is 6.31. The van der Waals surface area contributed by atoms with Crippen molar-refractivity contribution in [2.75, 3.05) is 18.5 Å². The number of hydrogen-bond donors (Lipinski definition) is 3. The molecule has 0 spiro atoms. The van der Waals surface area contributed by atoms with Crippen LogP contribution < -0.4 is 15.4 Å². The highest BCUT2D eigenvalue weighted by atomic mass is 35.5. The average Bonchev–Trinajstić information content (AvgIpc) is 3.14. The summed E-state index contributed by atoms with van der Waals surface area (Å²) >= 11 is 6.22. The predicted molar refractivity (Wildman–Crippen MR) is 119 cm³/mol. The first kappa shape index (κ1) is 25.4. The average molecular weight is 527 g/mol. The Morgan fingerprint density at radius 1 is 1.08 bits per heavy atom. The number of carbonyl (C=O) groups is 2. The summed E-state index contributed by atoms with van der Waals surface area (Å²) in [5, 5.41) is 14.2. The highest BCUT2D eigenvalue weighted by Crippen LogP contribution is 2.41. The van der Waals surface area contributed by atoms with Crippen LogP contribution in [0, 0.1) is 11.6 Å². The summed E-state index contributed by atoms with van der Waals surface area (Å²) in [6.07, 6.45) is -4.90. The van der Waals surface area contributed by atoms with Crippen LogP contribution in [0.1, 0.15) is 43.4 Å². The lowest BCUT2D eigenvalue weighted by molar-refractivity contribution is -0.137. The lowest BCUT2D eigenvalue weighted by Crippen LogP contribution is -2.21. The number of nitrogens with one attached hydrogen (secondary N) is 2. The molecule has 0 aromatic heterocycles. The number of fused-ring (bicyclic) bond motifs is 1. The Kier molecular flexibility index (Phi) is 6.87. The Morgan fingerprint density at radius 3 is 2.53 bits per heavy atom. The van der Waals surface area contributed by atoms with E-state index in [1.165, 1.54) is 18.2 Å². The fourth-order valence-electron chi connectivity index (χ4n) is 3.80. The molecule has 3 N–H and O–H groups in total. The minimum Gasteiger partial charge on any atom is -0.491 e. The molecule has 4 rings (SSSR count). The molecule has 1 atom stereocenters. The van der Waals surface area contributed by atoms with Gasteiger partial charge in [0, 0.05) is 27.8 Å². The summed E-state index contributed by atoms with van der Waals surface area (Å²) < 4.78 is 72.5. The van der Waals surface area contributed by atoms with E-state index in [0.717, 1.165) is 12.1 Å². The Morgan fingerprint density at radius 2 is 1.83 bits per heavy atom. The van der Waals surface area contributed by atoms with Crippen molar-refractivity contribution in [2.45, 2.75) is 12.2 Å². The van der Waals surface area contributed by atoms with Crippen molar-refractivity contribution in [3.8, 4) is 5.75 Å². The van der Waals surface area contributed by atoms with Crippen LogP contribution in [0.2, 0.25) is 5.02 Å². The zero-order valence-corrected chi connectivity index (χ0v) is 18.8. The van der Waals surface area contributed by atoms with Gasteiger partial charge in [0.15, 0.2) is 0 Å². The molecule has 1 aliphatic heterocycles. The maximum atomic E-state index is 14.0. The minimum atomic E-state index is -4.90. The second-order valence-electron chi connectivity index (χ2n) is 7.76. The van der Waals surface area contributed by atoms with E-state index in [1.54, 1.807) is 0 Å². The Balaban J connectivity index is 1.81. The topological polar surface area (TPSA) is 87.7 Å². The highest BCUT2D eigenvalue weighted by Gasteiger charge is 2.36. The standard InChI is InChI=1S/C24H16ClF5N2O4/c25-18-2-1-13(26)8-16(18)21-20-17(23(35)32-21)9-15(36-4-3-33)10-19(20)31-22(34)11-5-12(24(28,29)30)7-14(27)6-11/h1-2,5-10,21,33H,3-4H2,(H,31,34)(H,32,35). The summed E-state index contributed by atoms with van der Waals surface area (Å²) in [6.45, 7) is -0.526. The monoisotopic (exact) mass is 526 g/mol. The summed E-state index contributed by atoms with van der Waals surface area (Å²) in [5.41, 5.74) is -1.75. The van der Waals surface area contributed by atoms with Crippen LogP contribution in [0.5, 0.6) is 5.75 Å². The van der Waals surface area contributed by atoms with E-state index in [-0.39, 0.29) is 52.4 Å². The number of alkyl halides is 3. The smallest absolute Gasteiger partial charge is 0.416 e. The number of anilines is 1. The Hall–Kier alpha value is -3.70. The molecular weight excluding hydrogens is 511 g/mol. The van der Waals surface area contributed by atoms with Gasteiger partial charge in [-0.3, -0.25) is 9.59 Å².